The van der Waals surface area contributed by atoms with Crippen molar-refractivity contribution >= 4 is 44.8 Å². The molecule has 0 saturated carbocycles. The Hall–Kier alpha value is -3.75. The summed E-state index contributed by atoms with van der Waals surface area (Å²) in [5.74, 6) is -0.850. The lowest BCUT2D eigenvalue weighted by Crippen LogP contribution is -2.38. The summed E-state index contributed by atoms with van der Waals surface area (Å²) in [5.41, 5.74) is 3.80. The Morgan fingerprint density at radius 2 is 1.49 bits per heavy atom. The zero-order valence-corrected chi connectivity index (χ0v) is 20.9. The predicted octanol–water partition coefficient (Wildman–Crippen LogP) is 3.85. The Labute approximate surface area is 214 Å². The molecule has 0 saturated heterocycles. The molecule has 2 aliphatic rings. The van der Waals surface area contributed by atoms with Crippen LogP contribution >= 0.6 is 0 Å². The van der Waals surface area contributed by atoms with Gasteiger partial charge in [0.1, 0.15) is 12.3 Å². The average Bonchev–Trinajstić information content (AvgIpc) is 3.51. The van der Waals surface area contributed by atoms with Gasteiger partial charge in [0.2, 0.25) is 0 Å². The van der Waals surface area contributed by atoms with Crippen LogP contribution in [0.1, 0.15) is 17.5 Å². The fourth-order valence-electron chi connectivity index (χ4n) is 5.60. The van der Waals surface area contributed by atoms with Crippen LogP contribution in [0.2, 0.25) is 0 Å². The molecule has 2 atom stereocenters. The summed E-state index contributed by atoms with van der Waals surface area (Å²) in [6.45, 7) is 1.58. The largest absolute Gasteiger partial charge is 0.374 e. The Kier molecular flexibility index (Phi) is 5.93. The Morgan fingerprint density at radius 3 is 2.11 bits per heavy atom. The standard InChI is InChI=1S/C29H29FN4O3/c1-32(2)17-25-22(30)16-34-15-21(19-9-4-6-11-24(19)34)27-26(28(35)31-29(27)36)20-14-33(12-7-13-37-25)23-10-5-3-8-18(20)23/h3-6,8-11,14-15,22,25H,7,12-13,16-17H2,1-2H3,(H,31,35,36)/t22-,25+/m0/s1. The smallest absolute Gasteiger partial charge is 0.259 e. The molecular formula is C29H29FN4O3. The summed E-state index contributed by atoms with van der Waals surface area (Å²) < 4.78 is 25.8. The fraction of sp³-hybridized carbons (Fsp3) is 0.310. The number of aromatic nitrogens is 2. The second-order valence-electron chi connectivity index (χ2n) is 10.0. The highest BCUT2D eigenvalue weighted by molar-refractivity contribution is 6.50. The second-order valence-corrected chi connectivity index (χ2v) is 10.0. The SMILES string of the molecule is CN(C)C[C@H]1OCCCn2cc(c3ccccc32)C2=C(C(=O)NC2=O)c2cn(c3ccccc23)C[C@@H]1F. The molecule has 4 aromatic rings. The maximum Gasteiger partial charge on any atom is 0.259 e. The molecule has 8 heteroatoms. The van der Waals surface area contributed by atoms with E-state index in [2.05, 4.69) is 9.88 Å². The van der Waals surface area contributed by atoms with E-state index in [1.807, 2.05) is 78.3 Å². The Morgan fingerprint density at radius 1 is 0.919 bits per heavy atom. The molecule has 2 amide bonds. The number of fused-ring (bicyclic) bond motifs is 12. The number of imide groups is 1. The molecule has 2 aliphatic heterocycles. The van der Waals surface area contributed by atoms with Crippen LogP contribution in [-0.2, 0) is 27.4 Å². The number of likely N-dealkylation sites (N-methyl/N-ethyl adjacent to an activating group) is 1. The van der Waals surface area contributed by atoms with Crippen molar-refractivity contribution in [2.75, 3.05) is 27.2 Å². The van der Waals surface area contributed by atoms with E-state index in [0.717, 1.165) is 27.4 Å². The van der Waals surface area contributed by atoms with E-state index in [1.165, 1.54) is 0 Å². The van der Waals surface area contributed by atoms with E-state index in [1.54, 1.807) is 6.20 Å². The molecule has 4 bridgehead atoms. The van der Waals surface area contributed by atoms with Gasteiger partial charge in [-0.25, -0.2) is 4.39 Å². The molecule has 4 heterocycles. The van der Waals surface area contributed by atoms with Gasteiger partial charge in [-0.15, -0.1) is 0 Å². The lowest BCUT2D eigenvalue weighted by molar-refractivity contribution is -0.122. The number of ether oxygens (including phenoxy) is 1. The number of amides is 2. The van der Waals surface area contributed by atoms with Crippen LogP contribution in [0.15, 0.2) is 60.9 Å². The monoisotopic (exact) mass is 500 g/mol. The van der Waals surface area contributed by atoms with E-state index in [9.17, 15) is 9.59 Å². The average molecular weight is 501 g/mol. The van der Waals surface area contributed by atoms with Crippen LogP contribution < -0.4 is 5.32 Å². The van der Waals surface area contributed by atoms with Crippen LogP contribution in [0.3, 0.4) is 0 Å². The minimum absolute atomic E-state index is 0.0782. The summed E-state index contributed by atoms with van der Waals surface area (Å²) in [6, 6.07) is 15.5. The van der Waals surface area contributed by atoms with Gasteiger partial charge in [0.15, 0.2) is 0 Å². The lowest BCUT2D eigenvalue weighted by Gasteiger charge is -2.25. The van der Waals surface area contributed by atoms with E-state index in [0.29, 0.717) is 42.8 Å². The molecule has 0 aliphatic carbocycles. The molecular weight excluding hydrogens is 471 g/mol. The third-order valence-corrected chi connectivity index (χ3v) is 7.24. The molecule has 7 nitrogen and oxygen atoms in total. The predicted molar refractivity (Wildman–Crippen MR) is 142 cm³/mol. The fourth-order valence-corrected chi connectivity index (χ4v) is 5.60. The zero-order chi connectivity index (χ0) is 25.7. The number of carbonyl (C=O) groups excluding carboxylic acids is 2. The summed E-state index contributed by atoms with van der Waals surface area (Å²) >= 11 is 0. The number of rotatable bonds is 2. The molecule has 6 rings (SSSR count). The van der Waals surface area contributed by atoms with Gasteiger partial charge in [0.05, 0.1) is 17.7 Å². The van der Waals surface area contributed by atoms with Gasteiger partial charge in [-0.1, -0.05) is 36.4 Å². The minimum Gasteiger partial charge on any atom is -0.374 e. The number of carbonyl (C=O) groups is 2. The molecule has 0 fully saturated rings. The molecule has 190 valence electrons. The van der Waals surface area contributed by atoms with E-state index < -0.39 is 24.1 Å². The van der Waals surface area contributed by atoms with Crippen molar-refractivity contribution in [3.63, 3.8) is 0 Å². The third kappa shape index (κ3) is 4.06. The van der Waals surface area contributed by atoms with Crippen molar-refractivity contribution in [1.82, 2.24) is 19.4 Å². The van der Waals surface area contributed by atoms with E-state index in [4.69, 9.17) is 4.74 Å². The molecule has 2 aromatic carbocycles. The number of benzene rings is 2. The molecule has 0 spiro atoms. The van der Waals surface area contributed by atoms with Crippen LogP contribution in [0, 0.1) is 0 Å². The zero-order valence-electron chi connectivity index (χ0n) is 20.9. The minimum atomic E-state index is -1.26. The van der Waals surface area contributed by atoms with Crippen molar-refractivity contribution in [2.24, 2.45) is 0 Å². The normalized spacial score (nSPS) is 20.9. The number of nitrogens with zero attached hydrogens (tertiary/aromatic N) is 3. The highest BCUT2D eigenvalue weighted by Crippen LogP contribution is 2.39. The van der Waals surface area contributed by atoms with Crippen molar-refractivity contribution in [3.05, 3.63) is 72.1 Å². The third-order valence-electron chi connectivity index (χ3n) is 7.24. The van der Waals surface area contributed by atoms with Crippen LogP contribution in [0.5, 0.6) is 0 Å². The number of alkyl halides is 1. The van der Waals surface area contributed by atoms with E-state index in [-0.39, 0.29) is 6.54 Å². The summed E-state index contributed by atoms with van der Waals surface area (Å²) in [4.78, 5) is 28.4. The molecule has 1 N–H and O–H groups in total. The lowest BCUT2D eigenvalue weighted by atomic mass is 9.95. The van der Waals surface area contributed by atoms with Gasteiger partial charge in [-0.2, -0.15) is 0 Å². The van der Waals surface area contributed by atoms with Crippen molar-refractivity contribution in [1.29, 1.82) is 0 Å². The van der Waals surface area contributed by atoms with Crippen LogP contribution in [0.25, 0.3) is 33.0 Å². The van der Waals surface area contributed by atoms with Crippen LogP contribution in [0.4, 0.5) is 4.39 Å². The first-order chi connectivity index (χ1) is 17.9. The first-order valence-corrected chi connectivity index (χ1v) is 12.6. The number of halogens is 1. The molecule has 0 radical (unpaired) electrons. The Balaban J connectivity index is 1.61. The summed E-state index contributed by atoms with van der Waals surface area (Å²) in [5, 5.41) is 4.22. The van der Waals surface area contributed by atoms with Gasteiger partial charge in [0, 0.05) is 65.0 Å². The first-order valence-electron chi connectivity index (χ1n) is 12.6. The van der Waals surface area contributed by atoms with E-state index >= 15 is 4.39 Å². The number of hydrogen-bond donors (Lipinski definition) is 1. The molecule has 2 aromatic heterocycles. The second kappa shape index (κ2) is 9.28. The number of nitrogens with one attached hydrogen (secondary N) is 1. The quantitative estimate of drug-likeness (QED) is 0.425. The summed E-state index contributed by atoms with van der Waals surface area (Å²) in [7, 11) is 3.82. The first kappa shape index (κ1) is 23.6. The van der Waals surface area contributed by atoms with Gasteiger partial charge < -0.3 is 18.8 Å². The number of hydrogen-bond acceptors (Lipinski definition) is 4. The topological polar surface area (TPSA) is 68.5 Å². The summed E-state index contributed by atoms with van der Waals surface area (Å²) in [6.07, 6.45) is 2.57. The highest BCUT2D eigenvalue weighted by atomic mass is 19.1. The number of para-hydroxylation sites is 2. The van der Waals surface area contributed by atoms with Crippen molar-refractivity contribution < 1.29 is 18.7 Å². The molecule has 0 unspecified atom stereocenters. The maximum atomic E-state index is 15.8. The molecule has 37 heavy (non-hydrogen) atoms. The van der Waals surface area contributed by atoms with Crippen LogP contribution in [-0.4, -0.2) is 65.4 Å². The maximum absolute atomic E-state index is 15.8. The van der Waals surface area contributed by atoms with Gasteiger partial charge in [-0.3, -0.25) is 14.9 Å². The highest BCUT2D eigenvalue weighted by Gasteiger charge is 2.36. The van der Waals surface area contributed by atoms with Crippen molar-refractivity contribution in [2.45, 2.75) is 31.8 Å². The van der Waals surface area contributed by atoms with Gasteiger partial charge in [0.25, 0.3) is 11.8 Å². The number of aryl methyl sites for hydroxylation is 1. The van der Waals surface area contributed by atoms with Crippen molar-refractivity contribution in [3.8, 4) is 0 Å². The van der Waals surface area contributed by atoms with Gasteiger partial charge >= 0.3 is 0 Å². The Bertz CT molecular complexity index is 1560. The van der Waals surface area contributed by atoms with Gasteiger partial charge in [-0.05, 0) is 32.6 Å².